The van der Waals surface area contributed by atoms with Gasteiger partial charge in [-0.2, -0.15) is 0 Å². The summed E-state index contributed by atoms with van der Waals surface area (Å²) in [6, 6.07) is 0. The van der Waals surface area contributed by atoms with E-state index in [2.05, 4.69) is 13.8 Å². The quantitative estimate of drug-likeness (QED) is 0.391. The van der Waals surface area contributed by atoms with Gasteiger partial charge in [0.1, 0.15) is 0 Å². The van der Waals surface area contributed by atoms with Crippen LogP contribution < -0.4 is 0 Å². The van der Waals surface area contributed by atoms with Gasteiger partial charge in [0.2, 0.25) is 0 Å². The molecule has 0 aliphatic carbocycles. The summed E-state index contributed by atoms with van der Waals surface area (Å²) < 4.78 is 0. The fourth-order valence-corrected chi connectivity index (χ4v) is 2.40. The van der Waals surface area contributed by atoms with Crippen LogP contribution in [0.3, 0.4) is 0 Å². The zero-order chi connectivity index (χ0) is 12.8. The summed E-state index contributed by atoms with van der Waals surface area (Å²) in [5.41, 5.74) is 0. The minimum atomic E-state index is 0.632. The highest BCUT2D eigenvalue weighted by molar-refractivity contribution is 5.50. The van der Waals surface area contributed by atoms with Gasteiger partial charge in [0.05, 0.1) is 0 Å². The van der Waals surface area contributed by atoms with Crippen LogP contribution >= 0.6 is 0 Å². The van der Waals surface area contributed by atoms with E-state index in [1.54, 1.807) is 0 Å². The molecule has 1 unspecified atom stereocenters. The van der Waals surface area contributed by atoms with Crippen molar-refractivity contribution in [3.63, 3.8) is 0 Å². The van der Waals surface area contributed by atoms with Gasteiger partial charge in [-0.15, -0.1) is 0 Å². The second kappa shape index (κ2) is 13.7. The summed E-state index contributed by atoms with van der Waals surface area (Å²) in [5.74, 6) is 0.896. The van der Waals surface area contributed by atoms with Crippen molar-refractivity contribution in [1.29, 1.82) is 0 Å². The molecule has 1 radical (unpaired) electrons. The molecule has 0 aliphatic heterocycles. The molecule has 17 heavy (non-hydrogen) atoms. The van der Waals surface area contributed by atoms with Crippen LogP contribution in [-0.4, -0.2) is 6.29 Å². The minimum absolute atomic E-state index is 0.632. The topological polar surface area (TPSA) is 17.1 Å². The lowest BCUT2D eigenvalue weighted by Crippen LogP contribution is -1.99. The van der Waals surface area contributed by atoms with Gasteiger partial charge in [-0.1, -0.05) is 78.1 Å². The molecule has 0 aromatic carbocycles. The number of hydrogen-bond acceptors (Lipinski definition) is 1. The van der Waals surface area contributed by atoms with Crippen molar-refractivity contribution in [2.45, 2.75) is 90.9 Å². The summed E-state index contributed by atoms with van der Waals surface area (Å²) in [6.45, 7) is 4.57. The van der Waals surface area contributed by atoms with E-state index < -0.39 is 0 Å². The molecule has 0 amide bonds. The molecular formula is C16H31O. The van der Waals surface area contributed by atoms with E-state index in [4.69, 9.17) is 0 Å². The second-order valence-corrected chi connectivity index (χ2v) is 5.22. The highest BCUT2D eigenvalue weighted by Crippen LogP contribution is 2.20. The molecule has 0 heterocycles. The smallest absolute Gasteiger partial charge is 0.198 e. The Balaban J connectivity index is 3.31. The van der Waals surface area contributed by atoms with Gasteiger partial charge in [-0.25, -0.2) is 0 Å². The zero-order valence-corrected chi connectivity index (χ0v) is 12.0. The van der Waals surface area contributed by atoms with Gasteiger partial charge in [0.25, 0.3) is 0 Å². The zero-order valence-electron chi connectivity index (χ0n) is 12.0. The van der Waals surface area contributed by atoms with E-state index in [9.17, 15) is 4.79 Å². The fraction of sp³-hybridized carbons (Fsp3) is 0.938. The third kappa shape index (κ3) is 11.9. The van der Waals surface area contributed by atoms with Crippen molar-refractivity contribution in [2.24, 2.45) is 5.92 Å². The molecule has 1 heteroatoms. The first-order valence-corrected chi connectivity index (χ1v) is 7.70. The largest absolute Gasteiger partial charge is 0.291 e. The van der Waals surface area contributed by atoms with Gasteiger partial charge in [0, 0.05) is 6.42 Å². The summed E-state index contributed by atoms with van der Waals surface area (Å²) in [6.07, 6.45) is 17.3. The van der Waals surface area contributed by atoms with Gasteiger partial charge < -0.3 is 0 Å². The molecule has 0 aliphatic rings. The van der Waals surface area contributed by atoms with Gasteiger partial charge in [0.15, 0.2) is 6.29 Å². The molecular weight excluding hydrogens is 208 g/mol. The predicted octanol–water partition coefficient (Wildman–Crippen LogP) is 5.43. The first-order chi connectivity index (χ1) is 8.35. The normalized spacial score (nSPS) is 12.6. The van der Waals surface area contributed by atoms with Crippen LogP contribution in [-0.2, 0) is 4.79 Å². The van der Waals surface area contributed by atoms with E-state index >= 15 is 0 Å². The van der Waals surface area contributed by atoms with Crippen LogP contribution in [0.5, 0.6) is 0 Å². The van der Waals surface area contributed by atoms with Crippen LogP contribution in [0.1, 0.15) is 90.9 Å². The van der Waals surface area contributed by atoms with E-state index in [-0.39, 0.29) is 0 Å². The van der Waals surface area contributed by atoms with Crippen LogP contribution in [0.25, 0.3) is 0 Å². The van der Waals surface area contributed by atoms with Gasteiger partial charge >= 0.3 is 0 Å². The lowest BCUT2D eigenvalue weighted by molar-refractivity contribution is 0.397. The van der Waals surface area contributed by atoms with E-state index in [0.29, 0.717) is 6.42 Å². The van der Waals surface area contributed by atoms with Crippen molar-refractivity contribution in [1.82, 2.24) is 0 Å². The van der Waals surface area contributed by atoms with Crippen LogP contribution in [0, 0.1) is 5.92 Å². The molecule has 101 valence electrons. The monoisotopic (exact) mass is 239 g/mol. The molecule has 0 N–H and O–H groups in total. The summed E-state index contributed by atoms with van der Waals surface area (Å²) in [4.78, 5) is 10.1. The lowest BCUT2D eigenvalue weighted by atomic mass is 9.92. The van der Waals surface area contributed by atoms with Crippen LogP contribution in [0.2, 0.25) is 0 Å². The van der Waals surface area contributed by atoms with Crippen molar-refractivity contribution in [3.8, 4) is 0 Å². The Morgan fingerprint density at radius 2 is 1.41 bits per heavy atom. The average Bonchev–Trinajstić information content (AvgIpc) is 2.36. The van der Waals surface area contributed by atoms with Gasteiger partial charge in [-0.05, 0) is 12.3 Å². The Hall–Kier alpha value is -0.330. The third-order valence-electron chi connectivity index (χ3n) is 3.68. The molecule has 1 atom stereocenters. The van der Waals surface area contributed by atoms with E-state index in [0.717, 1.165) is 12.3 Å². The lowest BCUT2D eigenvalue weighted by Gasteiger charge is -2.14. The molecule has 0 spiro atoms. The minimum Gasteiger partial charge on any atom is -0.291 e. The Bertz CT molecular complexity index is 154. The predicted molar refractivity (Wildman–Crippen MR) is 75.9 cm³/mol. The fourth-order valence-electron chi connectivity index (χ4n) is 2.40. The number of hydrogen-bond donors (Lipinski definition) is 0. The van der Waals surface area contributed by atoms with Crippen LogP contribution in [0.15, 0.2) is 0 Å². The first kappa shape index (κ1) is 16.7. The Morgan fingerprint density at radius 1 is 0.824 bits per heavy atom. The Labute approximate surface area is 108 Å². The number of carbonyl (C=O) groups excluding carboxylic acids is 1. The molecule has 0 bridgehead atoms. The SMILES string of the molecule is CCCCCCCCC(CC)CCCC[C]=O. The first-order valence-electron chi connectivity index (χ1n) is 7.70. The van der Waals surface area contributed by atoms with Crippen molar-refractivity contribution < 1.29 is 4.79 Å². The van der Waals surface area contributed by atoms with E-state index in [1.807, 2.05) is 6.29 Å². The maximum absolute atomic E-state index is 10.1. The molecule has 0 aromatic heterocycles. The Kier molecular flexibility index (Phi) is 13.5. The molecule has 0 aromatic rings. The van der Waals surface area contributed by atoms with Gasteiger partial charge in [-0.3, -0.25) is 4.79 Å². The molecule has 0 saturated carbocycles. The molecule has 1 nitrogen and oxygen atoms in total. The van der Waals surface area contributed by atoms with Crippen LogP contribution in [0.4, 0.5) is 0 Å². The average molecular weight is 239 g/mol. The van der Waals surface area contributed by atoms with Crippen molar-refractivity contribution >= 4 is 6.29 Å². The van der Waals surface area contributed by atoms with Crippen molar-refractivity contribution in [3.05, 3.63) is 0 Å². The molecule has 0 rings (SSSR count). The summed E-state index contributed by atoms with van der Waals surface area (Å²) in [5, 5.41) is 0. The molecule has 0 saturated heterocycles. The maximum Gasteiger partial charge on any atom is 0.198 e. The third-order valence-corrected chi connectivity index (χ3v) is 3.68. The van der Waals surface area contributed by atoms with E-state index in [1.165, 1.54) is 64.2 Å². The standard InChI is InChI=1S/C16H31O/c1-3-5-6-7-8-10-13-16(4-2)14-11-9-12-15-17/h16H,3-14H2,1-2H3. The maximum atomic E-state index is 10.1. The highest BCUT2D eigenvalue weighted by Gasteiger charge is 2.05. The summed E-state index contributed by atoms with van der Waals surface area (Å²) >= 11 is 0. The second-order valence-electron chi connectivity index (χ2n) is 5.22. The molecule has 0 fully saturated rings. The number of unbranched alkanes of at least 4 members (excludes halogenated alkanes) is 7. The Morgan fingerprint density at radius 3 is 2.00 bits per heavy atom. The highest BCUT2D eigenvalue weighted by atomic mass is 16.1. The number of rotatable bonds is 13. The van der Waals surface area contributed by atoms with Crippen molar-refractivity contribution in [2.75, 3.05) is 0 Å². The summed E-state index contributed by atoms with van der Waals surface area (Å²) in [7, 11) is 0.